The van der Waals surface area contributed by atoms with Crippen LogP contribution in [0.4, 0.5) is 4.39 Å². The number of hydrogen-bond acceptors (Lipinski definition) is 1. The zero-order valence-electron chi connectivity index (χ0n) is 13.9. The predicted molar refractivity (Wildman–Crippen MR) is 91.6 cm³/mol. The van der Waals surface area contributed by atoms with Gasteiger partial charge < -0.3 is 5.32 Å². The molecule has 0 aromatic heterocycles. The first-order valence-electron chi connectivity index (χ1n) is 7.91. The molecule has 0 bridgehead atoms. The van der Waals surface area contributed by atoms with E-state index in [1.54, 1.807) is 13.0 Å². The summed E-state index contributed by atoms with van der Waals surface area (Å²) in [7, 11) is 1.94. The second-order valence-electron chi connectivity index (χ2n) is 5.25. The summed E-state index contributed by atoms with van der Waals surface area (Å²) in [6, 6.07) is 0.209. The van der Waals surface area contributed by atoms with E-state index in [1.165, 1.54) is 6.08 Å². The first-order valence-corrected chi connectivity index (χ1v) is 7.91. The van der Waals surface area contributed by atoms with Crippen LogP contribution >= 0.6 is 0 Å². The topological polar surface area (TPSA) is 12.0 Å². The lowest BCUT2D eigenvalue weighted by molar-refractivity contribution is 0.376. The maximum atomic E-state index is 13.1. The zero-order chi connectivity index (χ0) is 16.1. The largest absolute Gasteiger partial charge is 0.312 e. The van der Waals surface area contributed by atoms with Crippen LogP contribution in [0.25, 0.3) is 0 Å². The highest BCUT2D eigenvalue weighted by Gasteiger charge is 2.19. The number of allylic oxidation sites excluding steroid dienone is 5. The number of terminal acetylenes is 1. The number of halogens is 1. The van der Waals surface area contributed by atoms with Crippen LogP contribution in [-0.2, 0) is 0 Å². The molecule has 0 saturated heterocycles. The molecule has 3 unspecified atom stereocenters. The van der Waals surface area contributed by atoms with Gasteiger partial charge in [0.2, 0.25) is 0 Å². The molecule has 3 atom stereocenters. The Morgan fingerprint density at radius 1 is 1.33 bits per heavy atom. The summed E-state index contributed by atoms with van der Waals surface area (Å²) < 4.78 is 13.1. The monoisotopic (exact) mass is 291 g/mol. The van der Waals surface area contributed by atoms with Gasteiger partial charge in [-0.15, -0.1) is 12.3 Å². The lowest BCUT2D eigenvalue weighted by Crippen LogP contribution is -2.32. The van der Waals surface area contributed by atoms with Crippen LogP contribution in [0, 0.1) is 24.2 Å². The highest BCUT2D eigenvalue weighted by atomic mass is 19.1. The van der Waals surface area contributed by atoms with E-state index in [9.17, 15) is 4.39 Å². The van der Waals surface area contributed by atoms with E-state index < -0.39 is 0 Å². The first-order chi connectivity index (χ1) is 10.1. The van der Waals surface area contributed by atoms with E-state index in [0.29, 0.717) is 5.92 Å². The Labute approximate surface area is 130 Å². The molecular formula is C19H30FN. The summed E-state index contributed by atoms with van der Waals surface area (Å²) in [6.07, 6.45) is 18.8. The maximum absolute atomic E-state index is 13.1. The minimum atomic E-state index is -0.183. The number of likely N-dealkylation sites (N-methyl/N-ethyl adjacent to an activating group) is 1. The number of hydrogen-bond donors (Lipinski definition) is 1. The first kappa shape index (κ1) is 19.7. The van der Waals surface area contributed by atoms with Gasteiger partial charge in [-0.05, 0) is 45.2 Å². The zero-order valence-corrected chi connectivity index (χ0v) is 13.9. The van der Waals surface area contributed by atoms with E-state index >= 15 is 0 Å². The van der Waals surface area contributed by atoms with Crippen molar-refractivity contribution in [1.82, 2.24) is 5.32 Å². The lowest BCUT2D eigenvalue weighted by Gasteiger charge is -2.23. The van der Waals surface area contributed by atoms with Crippen molar-refractivity contribution >= 4 is 0 Å². The van der Waals surface area contributed by atoms with Crippen molar-refractivity contribution in [2.45, 2.75) is 52.5 Å². The van der Waals surface area contributed by atoms with Crippen molar-refractivity contribution in [3.63, 3.8) is 0 Å². The summed E-state index contributed by atoms with van der Waals surface area (Å²) in [5, 5.41) is 3.28. The van der Waals surface area contributed by atoms with Crippen LogP contribution in [0.5, 0.6) is 0 Å². The SMILES string of the molecule is C#CC(CC(CC)C/C=C\C(F)=C/C)C(/C=C\CC)NC. The van der Waals surface area contributed by atoms with Gasteiger partial charge in [-0.25, -0.2) is 4.39 Å². The van der Waals surface area contributed by atoms with Crippen LogP contribution in [0.1, 0.15) is 46.5 Å². The summed E-state index contributed by atoms with van der Waals surface area (Å²) >= 11 is 0. The predicted octanol–water partition coefficient (Wildman–Crippen LogP) is 5.03. The minimum absolute atomic E-state index is 0.169. The van der Waals surface area contributed by atoms with Crippen molar-refractivity contribution in [3.05, 3.63) is 36.2 Å². The van der Waals surface area contributed by atoms with Crippen molar-refractivity contribution in [2.75, 3.05) is 7.05 Å². The summed E-state index contributed by atoms with van der Waals surface area (Å²) in [4.78, 5) is 0. The molecule has 2 heteroatoms. The minimum Gasteiger partial charge on any atom is -0.312 e. The van der Waals surface area contributed by atoms with E-state index in [1.807, 2.05) is 13.1 Å². The van der Waals surface area contributed by atoms with Gasteiger partial charge in [-0.3, -0.25) is 0 Å². The third-order valence-electron chi connectivity index (χ3n) is 3.75. The highest BCUT2D eigenvalue weighted by Crippen LogP contribution is 2.23. The van der Waals surface area contributed by atoms with E-state index in [-0.39, 0.29) is 17.8 Å². The average molecular weight is 291 g/mol. The lowest BCUT2D eigenvalue weighted by atomic mass is 9.86. The van der Waals surface area contributed by atoms with Gasteiger partial charge in [0.05, 0.1) is 0 Å². The molecule has 21 heavy (non-hydrogen) atoms. The number of rotatable bonds is 10. The third kappa shape index (κ3) is 8.52. The molecule has 118 valence electrons. The molecule has 0 aliphatic rings. The Hall–Kier alpha value is -1.33. The van der Waals surface area contributed by atoms with Crippen LogP contribution in [0.3, 0.4) is 0 Å². The molecule has 0 aliphatic heterocycles. The maximum Gasteiger partial charge on any atom is 0.118 e. The van der Waals surface area contributed by atoms with Crippen LogP contribution in [-0.4, -0.2) is 13.1 Å². The third-order valence-corrected chi connectivity index (χ3v) is 3.75. The standard InChI is InChI=1S/C19H30FN/c1-6-10-14-19(21-5)17(8-3)15-16(7-2)12-11-13-18(20)9-4/h3,9-11,13-14,16-17,19,21H,6-7,12,15H2,1-2,4-5H3/b13-11-,14-10-,18-9+. The van der Waals surface area contributed by atoms with Gasteiger partial charge in [0.25, 0.3) is 0 Å². The highest BCUT2D eigenvalue weighted by molar-refractivity contribution is 5.10. The molecule has 0 aromatic rings. The molecule has 1 nitrogen and oxygen atoms in total. The normalized spacial score (nSPS) is 17.0. The van der Waals surface area contributed by atoms with Gasteiger partial charge in [-0.1, -0.05) is 44.6 Å². The Balaban J connectivity index is 4.64. The van der Waals surface area contributed by atoms with Crippen molar-refractivity contribution < 1.29 is 4.39 Å². The molecule has 0 spiro atoms. The summed E-state index contributed by atoms with van der Waals surface area (Å²) in [6.45, 7) is 5.97. The quantitative estimate of drug-likeness (QED) is 0.338. The molecule has 0 amide bonds. The van der Waals surface area contributed by atoms with Gasteiger partial charge >= 0.3 is 0 Å². The second-order valence-corrected chi connectivity index (χ2v) is 5.25. The molecular weight excluding hydrogens is 261 g/mol. The van der Waals surface area contributed by atoms with Crippen molar-refractivity contribution in [3.8, 4) is 12.3 Å². The van der Waals surface area contributed by atoms with Crippen LogP contribution in [0.2, 0.25) is 0 Å². The van der Waals surface area contributed by atoms with Gasteiger partial charge in [0.15, 0.2) is 0 Å². The van der Waals surface area contributed by atoms with Gasteiger partial charge in [0, 0.05) is 12.0 Å². The fourth-order valence-electron chi connectivity index (χ4n) is 2.29. The van der Waals surface area contributed by atoms with Gasteiger partial charge in [-0.2, -0.15) is 0 Å². The van der Waals surface area contributed by atoms with E-state index in [0.717, 1.165) is 25.7 Å². The Morgan fingerprint density at radius 2 is 2.05 bits per heavy atom. The fourth-order valence-corrected chi connectivity index (χ4v) is 2.29. The van der Waals surface area contributed by atoms with Crippen LogP contribution < -0.4 is 5.32 Å². The van der Waals surface area contributed by atoms with Gasteiger partial charge in [0.1, 0.15) is 5.83 Å². The van der Waals surface area contributed by atoms with Crippen molar-refractivity contribution in [2.24, 2.45) is 11.8 Å². The Bertz CT molecular complexity index is 387. The number of nitrogens with one attached hydrogen (secondary N) is 1. The molecule has 1 N–H and O–H groups in total. The molecule has 0 radical (unpaired) electrons. The molecule has 0 heterocycles. The average Bonchev–Trinajstić information content (AvgIpc) is 2.52. The summed E-state index contributed by atoms with van der Waals surface area (Å²) in [5.41, 5.74) is 0. The molecule has 0 aliphatic carbocycles. The van der Waals surface area contributed by atoms with E-state index in [4.69, 9.17) is 6.42 Å². The molecule has 0 saturated carbocycles. The molecule has 0 fully saturated rings. The summed E-state index contributed by atoms with van der Waals surface area (Å²) in [5.74, 6) is 3.38. The van der Waals surface area contributed by atoms with Crippen LogP contribution in [0.15, 0.2) is 36.2 Å². The Morgan fingerprint density at radius 3 is 2.52 bits per heavy atom. The van der Waals surface area contributed by atoms with E-state index in [2.05, 4.69) is 37.2 Å². The molecule has 0 aromatic carbocycles. The smallest absolute Gasteiger partial charge is 0.118 e. The molecule has 0 rings (SSSR count). The fraction of sp³-hybridized carbons (Fsp3) is 0.579. The Kier molecular flexibility index (Phi) is 11.6. The van der Waals surface area contributed by atoms with Crippen molar-refractivity contribution in [1.29, 1.82) is 0 Å². The second kappa shape index (κ2) is 12.4.